The number of aryl methyl sites for hydroxylation is 1. The molecule has 30 heavy (non-hydrogen) atoms. The fourth-order valence-corrected chi connectivity index (χ4v) is 3.67. The summed E-state index contributed by atoms with van der Waals surface area (Å²) in [5, 5.41) is 0.607. The van der Waals surface area contributed by atoms with Gasteiger partial charge in [0.2, 0.25) is 5.91 Å². The van der Waals surface area contributed by atoms with E-state index in [0.717, 1.165) is 37.0 Å². The Balaban J connectivity index is 0.000000184. The average Bonchev–Trinajstić information content (AvgIpc) is 3.01. The molecule has 8 heteroatoms. The molecule has 0 saturated carbocycles. The van der Waals surface area contributed by atoms with Crippen LogP contribution in [-0.2, 0) is 18.3 Å². The quantitative estimate of drug-likeness (QED) is 0.639. The number of hydrogen-bond donors (Lipinski definition) is 1. The number of nitrogen functional groups attached to an aromatic ring is 1. The molecule has 1 saturated heterocycles. The van der Waals surface area contributed by atoms with Gasteiger partial charge < -0.3 is 19.8 Å². The second-order valence-electron chi connectivity index (χ2n) is 7.27. The highest BCUT2D eigenvalue weighted by Crippen LogP contribution is 2.22. The molecule has 2 N–H and O–H groups in total. The van der Waals surface area contributed by atoms with Gasteiger partial charge in [-0.2, -0.15) is 0 Å². The smallest absolute Gasteiger partial charge is 0.419 e. The lowest BCUT2D eigenvalue weighted by molar-refractivity contribution is -0.131. The van der Waals surface area contributed by atoms with Crippen LogP contribution in [0.3, 0.4) is 0 Å². The molecule has 160 valence electrons. The van der Waals surface area contributed by atoms with E-state index in [0.29, 0.717) is 28.5 Å². The monoisotopic (exact) mass is 431 g/mol. The largest absolute Gasteiger partial charge is 0.497 e. The number of carbonyl (C=O) groups is 1. The first kappa shape index (κ1) is 21.8. The maximum atomic E-state index is 12.1. The highest BCUT2D eigenvalue weighted by molar-refractivity contribution is 6.30. The molecule has 4 rings (SSSR count). The van der Waals surface area contributed by atoms with Gasteiger partial charge in [-0.3, -0.25) is 9.36 Å². The lowest BCUT2D eigenvalue weighted by Crippen LogP contribution is -2.36. The maximum Gasteiger partial charge on any atom is 0.419 e. The molecule has 1 aromatic heterocycles. The number of fused-ring (bicyclic) bond motifs is 1. The van der Waals surface area contributed by atoms with Crippen molar-refractivity contribution in [2.75, 3.05) is 25.9 Å². The molecule has 0 radical (unpaired) electrons. The molecule has 7 nitrogen and oxygen atoms in total. The summed E-state index contributed by atoms with van der Waals surface area (Å²) in [7, 11) is 3.26. The van der Waals surface area contributed by atoms with Gasteiger partial charge in [0, 0.05) is 36.9 Å². The summed E-state index contributed by atoms with van der Waals surface area (Å²) >= 11 is 5.99. The van der Waals surface area contributed by atoms with Crippen LogP contribution in [0.1, 0.15) is 24.8 Å². The number of nitrogens with two attached hydrogens (primary N) is 1. The number of ether oxygens (including phenoxy) is 1. The number of piperidine rings is 1. The Morgan fingerprint density at radius 2 is 1.90 bits per heavy atom. The van der Waals surface area contributed by atoms with Crippen molar-refractivity contribution in [3.8, 4) is 5.75 Å². The van der Waals surface area contributed by atoms with Crippen LogP contribution in [0.5, 0.6) is 5.75 Å². The summed E-state index contributed by atoms with van der Waals surface area (Å²) in [6.07, 6.45) is 3.86. The third-order valence-electron chi connectivity index (χ3n) is 5.05. The number of methoxy groups -OCH3 is 1. The number of rotatable bonds is 3. The molecule has 1 aliphatic rings. The van der Waals surface area contributed by atoms with Gasteiger partial charge in [-0.25, -0.2) is 4.79 Å². The van der Waals surface area contributed by atoms with Gasteiger partial charge in [0.15, 0.2) is 5.58 Å². The summed E-state index contributed by atoms with van der Waals surface area (Å²) < 4.78 is 11.5. The van der Waals surface area contributed by atoms with Crippen LogP contribution in [0.15, 0.2) is 45.6 Å². The lowest BCUT2D eigenvalue weighted by Gasteiger charge is -2.26. The molecule has 1 fully saturated rings. The van der Waals surface area contributed by atoms with Crippen molar-refractivity contribution < 1.29 is 13.9 Å². The molecular weight excluding hydrogens is 406 g/mol. The molecule has 0 atom stereocenters. The van der Waals surface area contributed by atoms with Gasteiger partial charge >= 0.3 is 5.76 Å². The zero-order chi connectivity index (χ0) is 21.7. The molecule has 1 aliphatic heterocycles. The molecule has 2 aromatic carbocycles. The molecule has 0 spiro atoms. The molecule has 3 aromatic rings. The maximum absolute atomic E-state index is 12.1. The fourth-order valence-electron chi connectivity index (χ4n) is 3.42. The van der Waals surface area contributed by atoms with Crippen LogP contribution < -0.4 is 16.2 Å². The highest BCUT2D eigenvalue weighted by Gasteiger charge is 2.17. The number of nitrogens with zero attached hydrogens (tertiary/aromatic N) is 2. The number of benzene rings is 2. The van der Waals surface area contributed by atoms with E-state index in [4.69, 9.17) is 26.5 Å². The fraction of sp³-hybridized carbons (Fsp3) is 0.364. The van der Waals surface area contributed by atoms with E-state index in [1.807, 2.05) is 17.0 Å². The second-order valence-corrected chi connectivity index (χ2v) is 7.71. The van der Waals surface area contributed by atoms with Crippen molar-refractivity contribution in [2.45, 2.75) is 25.7 Å². The van der Waals surface area contributed by atoms with E-state index in [1.165, 1.54) is 11.0 Å². The highest BCUT2D eigenvalue weighted by atomic mass is 35.5. The Morgan fingerprint density at radius 3 is 2.60 bits per heavy atom. The standard InChI is InChI=1S/C14H18ClNO2.C8H8N2O2/c1-18-13-8-11(7-12(15)10-13)9-14(17)16-5-3-2-4-6-16;1-10-6-3-2-5(9)4-7(6)12-8(10)11/h7-8,10H,2-6,9H2,1H3;2-4H,9H2,1H3. The number of amides is 1. The minimum absolute atomic E-state index is 0.180. The minimum Gasteiger partial charge on any atom is -0.497 e. The number of aromatic nitrogens is 1. The first-order valence-electron chi connectivity index (χ1n) is 9.83. The van der Waals surface area contributed by atoms with Gasteiger partial charge in [-0.1, -0.05) is 11.6 Å². The number of hydrogen-bond acceptors (Lipinski definition) is 5. The number of oxazole rings is 1. The summed E-state index contributed by atoms with van der Waals surface area (Å²) in [5.41, 5.74) is 8.31. The number of halogens is 1. The van der Waals surface area contributed by atoms with E-state index in [-0.39, 0.29) is 11.7 Å². The second kappa shape index (κ2) is 9.71. The SMILES string of the molecule is COc1cc(Cl)cc(CC(=O)N2CCCCC2)c1.Cn1c(=O)oc2cc(N)ccc21. The number of carbonyl (C=O) groups excluding carboxylic acids is 1. The van der Waals surface area contributed by atoms with Gasteiger partial charge in [-0.05, 0) is 55.2 Å². The van der Waals surface area contributed by atoms with Crippen LogP contribution in [0.2, 0.25) is 5.02 Å². The van der Waals surface area contributed by atoms with E-state index in [9.17, 15) is 9.59 Å². The molecular formula is C22H26ClN3O4. The van der Waals surface area contributed by atoms with Crippen molar-refractivity contribution in [2.24, 2.45) is 7.05 Å². The van der Waals surface area contributed by atoms with Crippen LogP contribution in [0.4, 0.5) is 5.69 Å². The molecule has 0 unspecified atom stereocenters. The Bertz CT molecular complexity index is 1080. The Hall–Kier alpha value is -2.93. The molecule has 2 heterocycles. The van der Waals surface area contributed by atoms with Crippen LogP contribution in [-0.4, -0.2) is 35.6 Å². The summed E-state index contributed by atoms with van der Waals surface area (Å²) in [6.45, 7) is 1.77. The Kier molecular flexibility index (Phi) is 7.05. The average molecular weight is 432 g/mol. The van der Waals surface area contributed by atoms with Crippen molar-refractivity contribution >= 4 is 34.3 Å². The normalized spacial score (nSPS) is 13.6. The third-order valence-corrected chi connectivity index (χ3v) is 5.27. The first-order chi connectivity index (χ1) is 14.4. The molecule has 0 bridgehead atoms. The zero-order valence-corrected chi connectivity index (χ0v) is 17.9. The van der Waals surface area contributed by atoms with Gasteiger partial charge in [-0.15, -0.1) is 0 Å². The molecule has 0 aliphatic carbocycles. The Labute approximate surface area is 180 Å². The summed E-state index contributed by atoms with van der Waals surface area (Å²) in [6, 6.07) is 10.6. The van der Waals surface area contributed by atoms with Gasteiger partial charge in [0.25, 0.3) is 0 Å². The third kappa shape index (κ3) is 5.36. The lowest BCUT2D eigenvalue weighted by atomic mass is 10.1. The van der Waals surface area contributed by atoms with E-state index in [1.54, 1.807) is 38.4 Å². The Morgan fingerprint density at radius 1 is 1.17 bits per heavy atom. The number of anilines is 1. The zero-order valence-electron chi connectivity index (χ0n) is 17.2. The van der Waals surface area contributed by atoms with Crippen molar-refractivity contribution in [3.05, 3.63) is 57.5 Å². The van der Waals surface area contributed by atoms with Crippen molar-refractivity contribution in [1.82, 2.24) is 9.47 Å². The van der Waals surface area contributed by atoms with E-state index in [2.05, 4.69) is 0 Å². The predicted molar refractivity (Wildman–Crippen MR) is 118 cm³/mol. The van der Waals surface area contributed by atoms with Gasteiger partial charge in [0.05, 0.1) is 19.0 Å². The van der Waals surface area contributed by atoms with Gasteiger partial charge in [0.1, 0.15) is 5.75 Å². The predicted octanol–water partition coefficient (Wildman–Crippen LogP) is 3.62. The van der Waals surface area contributed by atoms with Crippen molar-refractivity contribution in [3.63, 3.8) is 0 Å². The summed E-state index contributed by atoms with van der Waals surface area (Å²) in [4.78, 5) is 25.1. The summed E-state index contributed by atoms with van der Waals surface area (Å²) in [5.74, 6) is 0.513. The van der Waals surface area contributed by atoms with Crippen molar-refractivity contribution in [1.29, 1.82) is 0 Å². The molecule has 1 amide bonds. The van der Waals surface area contributed by atoms with Crippen LogP contribution >= 0.6 is 11.6 Å². The van der Waals surface area contributed by atoms with Crippen LogP contribution in [0, 0.1) is 0 Å². The van der Waals surface area contributed by atoms with E-state index >= 15 is 0 Å². The minimum atomic E-state index is -0.365. The first-order valence-corrected chi connectivity index (χ1v) is 10.2. The topological polar surface area (TPSA) is 90.7 Å². The van der Waals surface area contributed by atoms with E-state index < -0.39 is 0 Å². The number of likely N-dealkylation sites (tertiary alicyclic amines) is 1. The van der Waals surface area contributed by atoms with Crippen LogP contribution in [0.25, 0.3) is 11.1 Å².